The first-order valence-electron chi connectivity index (χ1n) is 6.63. The Morgan fingerprint density at radius 1 is 0.909 bits per heavy atom. The lowest BCUT2D eigenvalue weighted by Crippen LogP contribution is -2.21. The molecule has 0 spiro atoms. The van der Waals surface area contributed by atoms with Gasteiger partial charge in [-0.1, -0.05) is 0 Å². The molecule has 1 aromatic carbocycles. The van der Waals surface area contributed by atoms with E-state index >= 15 is 0 Å². The number of aromatic nitrogens is 2. The average Bonchev–Trinajstić information content (AvgIpc) is 2.45. The van der Waals surface area contributed by atoms with E-state index in [1.165, 1.54) is 0 Å². The van der Waals surface area contributed by atoms with Crippen LogP contribution in [0.5, 0.6) is 11.5 Å². The van der Waals surface area contributed by atoms with Crippen molar-refractivity contribution >= 4 is 29.0 Å². The van der Waals surface area contributed by atoms with Crippen LogP contribution in [0.15, 0.2) is 24.3 Å². The van der Waals surface area contributed by atoms with E-state index in [0.29, 0.717) is 22.6 Å². The van der Waals surface area contributed by atoms with Crippen LogP contribution >= 0.6 is 12.2 Å². The molecule has 116 valence electrons. The van der Waals surface area contributed by atoms with Gasteiger partial charge in [0.1, 0.15) is 11.5 Å². The van der Waals surface area contributed by atoms with Gasteiger partial charge in [-0.25, -0.2) is 9.97 Å². The lowest BCUT2D eigenvalue weighted by Gasteiger charge is -2.12. The van der Waals surface area contributed by atoms with Crippen molar-refractivity contribution in [1.82, 2.24) is 9.97 Å². The SMILES string of the molecule is COc1cc(NC(=S)Nc2nc(C)cc(C)n2)cc(OC)c1. The van der Waals surface area contributed by atoms with Gasteiger partial charge in [-0.3, -0.25) is 0 Å². The summed E-state index contributed by atoms with van der Waals surface area (Å²) < 4.78 is 10.4. The Bertz CT molecular complexity index is 649. The van der Waals surface area contributed by atoms with Gasteiger partial charge >= 0.3 is 0 Å². The van der Waals surface area contributed by atoms with Gasteiger partial charge in [0.05, 0.1) is 14.2 Å². The molecule has 0 aliphatic heterocycles. The quantitative estimate of drug-likeness (QED) is 0.840. The van der Waals surface area contributed by atoms with Gasteiger partial charge in [0.15, 0.2) is 5.11 Å². The zero-order chi connectivity index (χ0) is 16.1. The number of hydrogen-bond acceptors (Lipinski definition) is 5. The molecule has 2 rings (SSSR count). The highest BCUT2D eigenvalue weighted by Crippen LogP contribution is 2.25. The van der Waals surface area contributed by atoms with Gasteiger partial charge in [-0.15, -0.1) is 0 Å². The second-order valence-electron chi connectivity index (χ2n) is 4.65. The summed E-state index contributed by atoms with van der Waals surface area (Å²) in [7, 11) is 3.19. The van der Waals surface area contributed by atoms with Crippen LogP contribution in [0.1, 0.15) is 11.4 Å². The Kier molecular flexibility index (Phi) is 5.11. The number of benzene rings is 1. The van der Waals surface area contributed by atoms with E-state index in [0.717, 1.165) is 17.1 Å². The van der Waals surface area contributed by atoms with Gasteiger partial charge < -0.3 is 20.1 Å². The standard InChI is InChI=1S/C15H18N4O2S/c1-9-5-10(2)17-14(16-9)19-15(22)18-11-6-12(20-3)8-13(7-11)21-4/h5-8H,1-4H3,(H2,16,17,18,19,22). The summed E-state index contributed by atoms with van der Waals surface area (Å²) in [6, 6.07) is 7.32. The molecule has 0 amide bonds. The molecule has 6 nitrogen and oxygen atoms in total. The first-order chi connectivity index (χ1) is 10.5. The second-order valence-corrected chi connectivity index (χ2v) is 5.06. The summed E-state index contributed by atoms with van der Waals surface area (Å²) >= 11 is 5.28. The number of ether oxygens (including phenoxy) is 2. The van der Waals surface area contributed by atoms with Crippen LogP contribution < -0.4 is 20.1 Å². The maximum Gasteiger partial charge on any atom is 0.229 e. The van der Waals surface area contributed by atoms with E-state index in [4.69, 9.17) is 21.7 Å². The number of anilines is 2. The lowest BCUT2D eigenvalue weighted by atomic mass is 10.3. The third-order valence-electron chi connectivity index (χ3n) is 2.82. The van der Waals surface area contributed by atoms with E-state index in [-0.39, 0.29) is 0 Å². The summed E-state index contributed by atoms with van der Waals surface area (Å²) in [6.07, 6.45) is 0. The molecule has 0 unspecified atom stereocenters. The Morgan fingerprint density at radius 3 is 1.95 bits per heavy atom. The lowest BCUT2D eigenvalue weighted by molar-refractivity contribution is 0.395. The number of thiocarbonyl (C=S) groups is 1. The highest BCUT2D eigenvalue weighted by molar-refractivity contribution is 7.80. The maximum atomic E-state index is 5.28. The van der Waals surface area contributed by atoms with Crippen LogP contribution in [0.4, 0.5) is 11.6 Å². The Morgan fingerprint density at radius 2 is 1.45 bits per heavy atom. The molecule has 2 N–H and O–H groups in total. The van der Waals surface area contributed by atoms with E-state index in [9.17, 15) is 0 Å². The predicted molar refractivity (Wildman–Crippen MR) is 90.9 cm³/mol. The van der Waals surface area contributed by atoms with Crippen molar-refractivity contribution in [2.24, 2.45) is 0 Å². The molecule has 1 aromatic heterocycles. The maximum absolute atomic E-state index is 5.28. The molecule has 0 saturated heterocycles. The fourth-order valence-electron chi connectivity index (χ4n) is 1.93. The molecular weight excluding hydrogens is 300 g/mol. The van der Waals surface area contributed by atoms with Crippen molar-refractivity contribution in [1.29, 1.82) is 0 Å². The molecule has 0 bridgehead atoms. The van der Waals surface area contributed by atoms with Gasteiger partial charge in [0.25, 0.3) is 0 Å². The number of nitrogens with one attached hydrogen (secondary N) is 2. The zero-order valence-corrected chi connectivity index (χ0v) is 13.7. The number of methoxy groups -OCH3 is 2. The third kappa shape index (κ3) is 4.29. The Balaban J connectivity index is 2.11. The molecule has 0 fully saturated rings. The van der Waals surface area contributed by atoms with Crippen molar-refractivity contribution in [3.05, 3.63) is 35.7 Å². The van der Waals surface area contributed by atoms with E-state index < -0.39 is 0 Å². The first kappa shape index (κ1) is 16.0. The summed E-state index contributed by atoms with van der Waals surface area (Å²) in [5.41, 5.74) is 2.50. The molecule has 2 aromatic rings. The van der Waals surface area contributed by atoms with Crippen LogP contribution in [-0.4, -0.2) is 29.3 Å². The molecule has 0 atom stereocenters. The van der Waals surface area contributed by atoms with Crippen LogP contribution in [0.2, 0.25) is 0 Å². The topological polar surface area (TPSA) is 68.3 Å². The van der Waals surface area contributed by atoms with E-state index in [1.54, 1.807) is 20.3 Å². The number of nitrogens with zero attached hydrogens (tertiary/aromatic N) is 2. The van der Waals surface area contributed by atoms with E-state index in [2.05, 4.69) is 20.6 Å². The molecule has 0 aliphatic carbocycles. The summed E-state index contributed by atoms with van der Waals surface area (Å²) in [6.45, 7) is 3.81. The van der Waals surface area contributed by atoms with Gasteiger partial charge in [0.2, 0.25) is 5.95 Å². The summed E-state index contributed by atoms with van der Waals surface area (Å²) in [4.78, 5) is 8.57. The number of aryl methyl sites for hydroxylation is 2. The molecule has 1 heterocycles. The third-order valence-corrected chi connectivity index (χ3v) is 3.02. The number of hydrogen-bond donors (Lipinski definition) is 2. The minimum atomic E-state index is 0.389. The Hall–Kier alpha value is -2.41. The fraction of sp³-hybridized carbons (Fsp3) is 0.267. The minimum Gasteiger partial charge on any atom is -0.497 e. The van der Waals surface area contributed by atoms with E-state index in [1.807, 2.05) is 32.0 Å². The second kappa shape index (κ2) is 7.04. The smallest absolute Gasteiger partial charge is 0.229 e. The molecule has 7 heteroatoms. The van der Waals surface area contributed by atoms with Crippen LogP contribution in [0.3, 0.4) is 0 Å². The van der Waals surface area contributed by atoms with Gasteiger partial charge in [-0.05, 0) is 32.1 Å². The van der Waals surface area contributed by atoms with Crippen molar-refractivity contribution in [2.45, 2.75) is 13.8 Å². The average molecular weight is 318 g/mol. The molecule has 0 saturated carbocycles. The fourth-order valence-corrected chi connectivity index (χ4v) is 2.13. The normalized spacial score (nSPS) is 10.0. The Labute approximate surface area is 134 Å². The molecule has 22 heavy (non-hydrogen) atoms. The van der Waals surface area contributed by atoms with Crippen molar-refractivity contribution in [3.63, 3.8) is 0 Å². The monoisotopic (exact) mass is 318 g/mol. The summed E-state index contributed by atoms with van der Waals surface area (Å²) in [5, 5.41) is 6.41. The highest BCUT2D eigenvalue weighted by Gasteiger charge is 2.06. The first-order valence-corrected chi connectivity index (χ1v) is 7.04. The predicted octanol–water partition coefficient (Wildman–Crippen LogP) is 2.92. The zero-order valence-electron chi connectivity index (χ0n) is 12.9. The summed E-state index contributed by atoms with van der Waals surface area (Å²) in [5.74, 6) is 1.81. The van der Waals surface area contributed by atoms with Crippen molar-refractivity contribution in [2.75, 3.05) is 24.9 Å². The van der Waals surface area contributed by atoms with Gasteiger partial charge in [0, 0.05) is 35.3 Å². The molecule has 0 radical (unpaired) electrons. The minimum absolute atomic E-state index is 0.389. The molecular formula is C15H18N4O2S. The number of rotatable bonds is 4. The van der Waals surface area contributed by atoms with Crippen LogP contribution in [-0.2, 0) is 0 Å². The van der Waals surface area contributed by atoms with Crippen LogP contribution in [0.25, 0.3) is 0 Å². The van der Waals surface area contributed by atoms with Crippen molar-refractivity contribution in [3.8, 4) is 11.5 Å². The van der Waals surface area contributed by atoms with Gasteiger partial charge in [-0.2, -0.15) is 0 Å². The van der Waals surface area contributed by atoms with Crippen LogP contribution in [0, 0.1) is 13.8 Å². The largest absolute Gasteiger partial charge is 0.497 e. The van der Waals surface area contributed by atoms with Crippen molar-refractivity contribution < 1.29 is 9.47 Å². The molecule has 0 aliphatic rings. The highest BCUT2D eigenvalue weighted by atomic mass is 32.1.